The van der Waals surface area contributed by atoms with Crippen LogP contribution in [0.5, 0.6) is 0 Å². The van der Waals surface area contributed by atoms with E-state index in [9.17, 15) is 4.79 Å². The zero-order chi connectivity index (χ0) is 13.5. The largest absolute Gasteiger partial charge is 0.271 e. The Morgan fingerprint density at radius 1 is 1.32 bits per heavy atom. The minimum absolute atomic E-state index is 0.329. The van der Waals surface area contributed by atoms with Crippen LogP contribution in [0.1, 0.15) is 21.5 Å². The molecule has 1 N–H and O–H groups in total. The monoisotopic (exact) mass is 250 g/mol. The van der Waals surface area contributed by atoms with E-state index in [1.54, 1.807) is 42.7 Å². The highest BCUT2D eigenvalue weighted by Crippen LogP contribution is 2.02. The quantitative estimate of drug-likeness (QED) is 0.665. The number of hydrogen-bond acceptors (Lipinski definition) is 4. The van der Waals surface area contributed by atoms with Crippen LogP contribution in [-0.2, 0) is 0 Å². The molecule has 0 aliphatic heterocycles. The Kier molecular flexibility index (Phi) is 3.98. The Balaban J connectivity index is 1.98. The number of amides is 1. The van der Waals surface area contributed by atoms with E-state index >= 15 is 0 Å². The Bertz CT molecular complexity index is 627. The Labute approximate surface area is 110 Å². The normalized spacial score (nSPS) is 10.1. The van der Waals surface area contributed by atoms with Crippen molar-refractivity contribution in [2.75, 3.05) is 0 Å². The summed E-state index contributed by atoms with van der Waals surface area (Å²) in [6.07, 6.45) is 4.80. The molecule has 0 atom stereocenters. The van der Waals surface area contributed by atoms with Crippen molar-refractivity contribution in [3.05, 3.63) is 65.5 Å². The number of carbonyl (C=O) groups is 1. The summed E-state index contributed by atoms with van der Waals surface area (Å²) in [5.74, 6) is -0.329. The average Bonchev–Trinajstić information content (AvgIpc) is 2.48. The van der Waals surface area contributed by atoms with Gasteiger partial charge in [0.1, 0.15) is 0 Å². The molecule has 5 nitrogen and oxygen atoms in total. The lowest BCUT2D eigenvalue weighted by molar-refractivity contribution is 0.0955. The highest BCUT2D eigenvalue weighted by molar-refractivity contribution is 5.94. The van der Waals surface area contributed by atoms with Crippen LogP contribution in [0.25, 0.3) is 0 Å². The highest BCUT2D eigenvalue weighted by atomic mass is 16.2. The first-order valence-corrected chi connectivity index (χ1v) is 5.53. The van der Waals surface area contributed by atoms with Gasteiger partial charge < -0.3 is 0 Å². The van der Waals surface area contributed by atoms with Gasteiger partial charge in [-0.05, 0) is 30.3 Å². The van der Waals surface area contributed by atoms with E-state index in [1.807, 2.05) is 12.1 Å². The van der Waals surface area contributed by atoms with Crippen LogP contribution < -0.4 is 5.43 Å². The van der Waals surface area contributed by atoms with Crippen molar-refractivity contribution < 1.29 is 4.79 Å². The Morgan fingerprint density at radius 2 is 2.11 bits per heavy atom. The maximum atomic E-state index is 11.7. The molecule has 0 aliphatic carbocycles. The van der Waals surface area contributed by atoms with E-state index in [0.717, 1.165) is 5.56 Å². The molecule has 1 amide bonds. The van der Waals surface area contributed by atoms with E-state index in [1.165, 1.54) is 6.21 Å². The number of hydrazone groups is 1. The summed E-state index contributed by atoms with van der Waals surface area (Å²) in [6.45, 7) is 0. The molecule has 92 valence electrons. The van der Waals surface area contributed by atoms with Gasteiger partial charge in [0.15, 0.2) is 0 Å². The Hall–Kier alpha value is -3.00. The molecular formula is C14H10N4O. The molecule has 2 aromatic rings. The molecule has 5 heteroatoms. The fourth-order valence-corrected chi connectivity index (χ4v) is 1.38. The van der Waals surface area contributed by atoms with Gasteiger partial charge in [-0.3, -0.25) is 9.78 Å². The van der Waals surface area contributed by atoms with Crippen molar-refractivity contribution in [3.8, 4) is 6.07 Å². The molecule has 1 aromatic heterocycles. The molecule has 0 fully saturated rings. The fraction of sp³-hybridized carbons (Fsp3) is 0. The number of hydrogen-bond donors (Lipinski definition) is 1. The van der Waals surface area contributed by atoms with Gasteiger partial charge >= 0.3 is 0 Å². The number of rotatable bonds is 3. The zero-order valence-electron chi connectivity index (χ0n) is 9.95. The second kappa shape index (κ2) is 6.07. The third kappa shape index (κ3) is 3.48. The van der Waals surface area contributed by atoms with Gasteiger partial charge in [-0.15, -0.1) is 0 Å². The summed E-state index contributed by atoms with van der Waals surface area (Å²) in [7, 11) is 0. The van der Waals surface area contributed by atoms with Crippen LogP contribution in [0.15, 0.2) is 53.9 Å². The number of nitrogens with one attached hydrogen (secondary N) is 1. The molecule has 1 aromatic carbocycles. The average molecular weight is 250 g/mol. The predicted molar refractivity (Wildman–Crippen MR) is 70.5 cm³/mol. The van der Waals surface area contributed by atoms with Gasteiger partial charge in [0, 0.05) is 23.5 Å². The van der Waals surface area contributed by atoms with Crippen molar-refractivity contribution in [1.82, 2.24) is 10.4 Å². The smallest absolute Gasteiger partial charge is 0.267 e. The number of pyridine rings is 1. The maximum absolute atomic E-state index is 11.7. The van der Waals surface area contributed by atoms with Crippen LogP contribution in [0, 0.1) is 11.3 Å². The van der Waals surface area contributed by atoms with Crippen molar-refractivity contribution in [3.63, 3.8) is 0 Å². The molecule has 2 rings (SSSR count). The van der Waals surface area contributed by atoms with Gasteiger partial charge in [-0.1, -0.05) is 6.07 Å². The topological polar surface area (TPSA) is 78.1 Å². The van der Waals surface area contributed by atoms with Crippen LogP contribution in [-0.4, -0.2) is 17.1 Å². The first kappa shape index (κ1) is 12.5. The molecule has 0 bridgehead atoms. The first-order valence-electron chi connectivity index (χ1n) is 5.53. The molecule has 0 spiro atoms. The van der Waals surface area contributed by atoms with Gasteiger partial charge in [0.05, 0.1) is 17.8 Å². The minimum atomic E-state index is -0.329. The first-order chi connectivity index (χ1) is 9.29. The number of carbonyl (C=O) groups excluding carboxylic acids is 1. The molecular weight excluding hydrogens is 240 g/mol. The zero-order valence-corrected chi connectivity index (χ0v) is 9.95. The van der Waals surface area contributed by atoms with Gasteiger partial charge in [0.2, 0.25) is 0 Å². The van der Waals surface area contributed by atoms with Crippen LogP contribution >= 0.6 is 0 Å². The van der Waals surface area contributed by atoms with Crippen LogP contribution in [0.3, 0.4) is 0 Å². The molecule has 19 heavy (non-hydrogen) atoms. The van der Waals surface area contributed by atoms with Crippen molar-refractivity contribution >= 4 is 12.1 Å². The summed E-state index contributed by atoms with van der Waals surface area (Å²) in [5, 5.41) is 12.5. The number of benzene rings is 1. The third-order valence-electron chi connectivity index (χ3n) is 2.34. The molecule has 0 saturated heterocycles. The Morgan fingerprint density at radius 3 is 2.74 bits per heavy atom. The van der Waals surface area contributed by atoms with Gasteiger partial charge in [-0.25, -0.2) is 5.43 Å². The van der Waals surface area contributed by atoms with E-state index in [2.05, 4.69) is 15.5 Å². The van der Waals surface area contributed by atoms with Gasteiger partial charge in [-0.2, -0.15) is 10.4 Å². The predicted octanol–water partition coefficient (Wildman–Crippen LogP) is 1.72. The van der Waals surface area contributed by atoms with Crippen molar-refractivity contribution in [2.24, 2.45) is 5.10 Å². The van der Waals surface area contributed by atoms with E-state index < -0.39 is 0 Å². The van der Waals surface area contributed by atoms with E-state index in [-0.39, 0.29) is 5.91 Å². The summed E-state index contributed by atoms with van der Waals surface area (Å²) in [4.78, 5) is 15.6. The fourth-order valence-electron chi connectivity index (χ4n) is 1.38. The number of nitrogens with zero attached hydrogens (tertiary/aromatic N) is 3. The second-order valence-electron chi connectivity index (χ2n) is 3.67. The number of nitriles is 1. The van der Waals surface area contributed by atoms with E-state index in [4.69, 9.17) is 5.26 Å². The molecule has 0 unspecified atom stereocenters. The molecule has 1 heterocycles. The van der Waals surface area contributed by atoms with Crippen molar-refractivity contribution in [1.29, 1.82) is 5.26 Å². The molecule has 0 aliphatic rings. The summed E-state index contributed by atoms with van der Waals surface area (Å²) >= 11 is 0. The summed E-state index contributed by atoms with van der Waals surface area (Å²) in [6, 6.07) is 11.9. The lowest BCUT2D eigenvalue weighted by atomic mass is 10.1. The standard InChI is InChI=1S/C14H10N4O/c15-8-11-3-5-13(6-4-11)14(19)18-17-10-12-2-1-7-16-9-12/h1-7,9-10H,(H,18,19)/b17-10-. The van der Waals surface area contributed by atoms with Crippen LogP contribution in [0.4, 0.5) is 0 Å². The van der Waals surface area contributed by atoms with Crippen molar-refractivity contribution in [2.45, 2.75) is 0 Å². The van der Waals surface area contributed by atoms with Crippen LogP contribution in [0.2, 0.25) is 0 Å². The third-order valence-corrected chi connectivity index (χ3v) is 2.34. The number of aromatic nitrogens is 1. The summed E-state index contributed by atoms with van der Waals surface area (Å²) < 4.78 is 0. The second-order valence-corrected chi connectivity index (χ2v) is 3.67. The lowest BCUT2D eigenvalue weighted by Crippen LogP contribution is -2.17. The molecule has 0 saturated carbocycles. The minimum Gasteiger partial charge on any atom is -0.267 e. The highest BCUT2D eigenvalue weighted by Gasteiger charge is 2.03. The SMILES string of the molecule is N#Cc1ccc(C(=O)N/N=C\c2cccnc2)cc1. The van der Waals surface area contributed by atoms with Gasteiger partial charge in [0.25, 0.3) is 5.91 Å². The van der Waals surface area contributed by atoms with E-state index in [0.29, 0.717) is 11.1 Å². The lowest BCUT2D eigenvalue weighted by Gasteiger charge is -1.99. The maximum Gasteiger partial charge on any atom is 0.271 e. The summed E-state index contributed by atoms with van der Waals surface area (Å²) in [5.41, 5.74) is 4.16. The molecule has 0 radical (unpaired) electrons.